The van der Waals surface area contributed by atoms with E-state index in [1.54, 1.807) is 24.3 Å². The molecule has 1 aromatic rings. The topological polar surface area (TPSA) is 98.7 Å². The van der Waals surface area contributed by atoms with E-state index in [4.69, 9.17) is 10.5 Å². The molecule has 0 aliphatic carbocycles. The van der Waals surface area contributed by atoms with Crippen molar-refractivity contribution >= 4 is 11.4 Å². The number of β-amino-alcohol motifs (C(OH)–C–C–N with tert-alkyl or cyclic N) is 1. The van der Waals surface area contributed by atoms with E-state index in [0.29, 0.717) is 12.2 Å². The van der Waals surface area contributed by atoms with Crippen molar-refractivity contribution in [2.45, 2.75) is 6.10 Å². The molecule has 1 aliphatic heterocycles. The molecule has 2 N–H and O–H groups in total. The Balaban J connectivity index is 1.90. The maximum Gasteiger partial charge on any atom is 0.237 e. The number of rotatable bonds is 5. The molecule has 1 heterocycles. The number of likely N-dealkylation sites (N-methyl/N-ethyl adjacent to an activating group) is 1. The summed E-state index contributed by atoms with van der Waals surface area (Å²) in [6.07, 6.45) is -0.537. The lowest BCUT2D eigenvalue weighted by molar-refractivity contribution is 0.0805. The molecule has 1 aliphatic rings. The van der Waals surface area contributed by atoms with E-state index < -0.39 is 6.10 Å². The van der Waals surface area contributed by atoms with E-state index in [9.17, 15) is 5.11 Å². The fraction of sp³-hybridized carbons (Fsp3) is 0.438. The number of hydrogen-bond acceptors (Lipinski definition) is 7. The maximum absolute atomic E-state index is 10.3. The van der Waals surface area contributed by atoms with Gasteiger partial charge in [0.1, 0.15) is 12.1 Å². The predicted octanol–water partition coefficient (Wildman–Crippen LogP) is 0.782. The van der Waals surface area contributed by atoms with Gasteiger partial charge in [-0.2, -0.15) is 15.6 Å². The van der Waals surface area contributed by atoms with Gasteiger partial charge in [0.2, 0.25) is 5.71 Å². The zero-order valence-electron chi connectivity index (χ0n) is 13.1. The van der Waals surface area contributed by atoms with Crippen LogP contribution in [0.5, 0.6) is 0 Å². The Bertz CT molecular complexity index is 603. The van der Waals surface area contributed by atoms with Crippen LogP contribution in [0.25, 0.3) is 0 Å². The lowest BCUT2D eigenvalue weighted by atomic mass is 10.1. The average molecular weight is 312 g/mol. The molecule has 0 radical (unpaired) electrons. The molecule has 7 heteroatoms. The van der Waals surface area contributed by atoms with E-state index in [-0.39, 0.29) is 5.71 Å². The molecule has 1 fully saturated rings. The number of hydrogen-bond donors (Lipinski definition) is 2. The summed E-state index contributed by atoms with van der Waals surface area (Å²) in [6.45, 7) is 4.59. The number of nitrogens with zero attached hydrogens (tertiary/aromatic N) is 5. The monoisotopic (exact) mass is 312 g/mol. The quantitative estimate of drug-likeness (QED) is 0.616. The van der Waals surface area contributed by atoms with Crippen molar-refractivity contribution in [1.82, 2.24) is 9.80 Å². The summed E-state index contributed by atoms with van der Waals surface area (Å²) < 4.78 is 0. The minimum absolute atomic E-state index is 0.232. The molecule has 120 valence electrons. The smallest absolute Gasteiger partial charge is 0.237 e. The Morgan fingerprint density at radius 2 is 1.83 bits per heavy atom. The van der Waals surface area contributed by atoms with Gasteiger partial charge in [0.25, 0.3) is 0 Å². The molecular formula is C16H20N6O. The number of benzene rings is 1. The van der Waals surface area contributed by atoms with E-state index in [1.165, 1.54) is 0 Å². The summed E-state index contributed by atoms with van der Waals surface area (Å²) in [4.78, 5) is 4.54. The molecule has 1 aromatic carbocycles. The molecule has 1 saturated heterocycles. The van der Waals surface area contributed by atoms with Crippen molar-refractivity contribution in [2.24, 2.45) is 5.10 Å². The summed E-state index contributed by atoms with van der Waals surface area (Å²) in [7, 11) is 2.10. The van der Waals surface area contributed by atoms with Gasteiger partial charge in [-0.25, -0.2) is 0 Å². The molecular weight excluding hydrogens is 292 g/mol. The first-order chi connectivity index (χ1) is 11.1. The van der Waals surface area contributed by atoms with Crippen LogP contribution in [0, 0.1) is 22.7 Å². The summed E-state index contributed by atoms with van der Waals surface area (Å²) in [6, 6.07) is 10.5. The molecule has 7 nitrogen and oxygen atoms in total. The van der Waals surface area contributed by atoms with Crippen molar-refractivity contribution < 1.29 is 5.11 Å². The molecule has 0 bridgehead atoms. The van der Waals surface area contributed by atoms with Crippen molar-refractivity contribution in [2.75, 3.05) is 45.2 Å². The molecule has 2 rings (SSSR count). The average Bonchev–Trinajstić information content (AvgIpc) is 2.58. The molecule has 0 aromatic heterocycles. The van der Waals surface area contributed by atoms with Crippen LogP contribution in [0.2, 0.25) is 0 Å². The first-order valence-corrected chi connectivity index (χ1v) is 7.45. The number of piperazine rings is 1. The Hall–Kier alpha value is -2.45. The second kappa shape index (κ2) is 8.25. The van der Waals surface area contributed by atoms with E-state index >= 15 is 0 Å². The van der Waals surface area contributed by atoms with Gasteiger partial charge in [0, 0.05) is 32.7 Å². The molecule has 0 spiro atoms. The van der Waals surface area contributed by atoms with Crippen LogP contribution in [0.15, 0.2) is 29.4 Å². The largest absolute Gasteiger partial charge is 0.387 e. The third-order valence-electron chi connectivity index (χ3n) is 3.83. The Morgan fingerprint density at radius 3 is 2.39 bits per heavy atom. The van der Waals surface area contributed by atoms with E-state index in [1.807, 2.05) is 12.1 Å². The van der Waals surface area contributed by atoms with Crippen molar-refractivity contribution in [1.29, 1.82) is 10.5 Å². The molecule has 23 heavy (non-hydrogen) atoms. The van der Waals surface area contributed by atoms with E-state index in [2.05, 4.69) is 27.4 Å². The fourth-order valence-electron chi connectivity index (χ4n) is 2.36. The fourth-order valence-corrected chi connectivity index (χ4v) is 2.36. The van der Waals surface area contributed by atoms with Crippen LogP contribution >= 0.6 is 0 Å². The molecule has 0 amide bonds. The summed E-state index contributed by atoms with van der Waals surface area (Å²) in [5.74, 6) is 0. The highest BCUT2D eigenvalue weighted by Gasteiger charge is 2.17. The minimum Gasteiger partial charge on any atom is -0.387 e. The SMILES string of the molecule is CN1CCN(CC(O)c2ccc(NN=C(C#N)C#N)cc2)CC1. The Labute approximate surface area is 136 Å². The highest BCUT2D eigenvalue weighted by Crippen LogP contribution is 2.18. The highest BCUT2D eigenvalue weighted by atomic mass is 16.3. The van der Waals surface area contributed by atoms with E-state index in [0.717, 1.165) is 31.7 Å². The molecule has 1 unspecified atom stereocenters. The van der Waals surface area contributed by atoms with Crippen molar-refractivity contribution in [3.63, 3.8) is 0 Å². The Kier molecular flexibility index (Phi) is 6.07. The molecule has 1 atom stereocenters. The van der Waals surface area contributed by atoms with Gasteiger partial charge in [-0.3, -0.25) is 10.3 Å². The minimum atomic E-state index is -0.537. The number of nitriles is 2. The first-order valence-electron chi connectivity index (χ1n) is 7.45. The van der Waals surface area contributed by atoms with Gasteiger partial charge in [0.15, 0.2) is 0 Å². The van der Waals surface area contributed by atoms with Crippen LogP contribution in [0.4, 0.5) is 5.69 Å². The zero-order chi connectivity index (χ0) is 16.7. The van der Waals surface area contributed by atoms with Gasteiger partial charge in [-0.05, 0) is 24.7 Å². The van der Waals surface area contributed by atoms with Gasteiger partial charge < -0.3 is 10.0 Å². The summed E-state index contributed by atoms with van der Waals surface area (Å²) in [5, 5.41) is 31.2. The summed E-state index contributed by atoms with van der Waals surface area (Å²) in [5.41, 5.74) is 3.90. The third-order valence-corrected chi connectivity index (χ3v) is 3.83. The van der Waals surface area contributed by atoms with Crippen LogP contribution in [-0.2, 0) is 0 Å². The van der Waals surface area contributed by atoms with Crippen LogP contribution in [0.1, 0.15) is 11.7 Å². The van der Waals surface area contributed by atoms with Gasteiger partial charge in [-0.1, -0.05) is 12.1 Å². The second-order valence-electron chi connectivity index (χ2n) is 5.54. The van der Waals surface area contributed by atoms with Gasteiger partial charge in [0.05, 0.1) is 11.8 Å². The number of aliphatic hydroxyl groups excluding tert-OH is 1. The lowest BCUT2D eigenvalue weighted by Crippen LogP contribution is -2.45. The van der Waals surface area contributed by atoms with Crippen molar-refractivity contribution in [3.8, 4) is 12.1 Å². The molecule has 0 saturated carbocycles. The number of hydrazone groups is 1. The lowest BCUT2D eigenvalue weighted by Gasteiger charge is -2.33. The normalized spacial score (nSPS) is 16.9. The highest BCUT2D eigenvalue weighted by molar-refractivity contribution is 6.10. The third kappa shape index (κ3) is 5.04. The maximum atomic E-state index is 10.3. The van der Waals surface area contributed by atoms with Crippen LogP contribution < -0.4 is 5.43 Å². The number of aliphatic hydroxyl groups is 1. The zero-order valence-corrected chi connectivity index (χ0v) is 13.1. The van der Waals surface area contributed by atoms with Crippen molar-refractivity contribution in [3.05, 3.63) is 29.8 Å². The van der Waals surface area contributed by atoms with Crippen LogP contribution in [-0.4, -0.2) is 60.4 Å². The second-order valence-corrected chi connectivity index (χ2v) is 5.54. The van der Waals surface area contributed by atoms with Crippen LogP contribution in [0.3, 0.4) is 0 Å². The first kappa shape index (κ1) is 16.9. The Morgan fingerprint density at radius 1 is 1.22 bits per heavy atom. The summed E-state index contributed by atoms with van der Waals surface area (Å²) >= 11 is 0. The standard InChI is InChI=1S/C16H20N6O/c1-21-6-8-22(9-7-21)12-16(23)13-2-4-14(5-3-13)19-20-15(10-17)11-18/h2-5,16,19,23H,6-9,12H2,1H3. The number of anilines is 1. The van der Waals surface area contributed by atoms with Gasteiger partial charge in [-0.15, -0.1) is 0 Å². The van der Waals surface area contributed by atoms with Gasteiger partial charge >= 0.3 is 0 Å². The number of nitrogens with one attached hydrogen (secondary N) is 1. The predicted molar refractivity (Wildman–Crippen MR) is 87.6 cm³/mol.